The first-order valence-electron chi connectivity index (χ1n) is 11.7. The number of Topliss-reactive ketones (excluding diaryl/α,β-unsaturated/α-hetero) is 1. The van der Waals surface area contributed by atoms with Crippen LogP contribution in [0.25, 0.3) is 0 Å². The number of benzene rings is 2. The van der Waals surface area contributed by atoms with Crippen LogP contribution < -0.4 is 15.6 Å². The molecule has 0 unspecified atom stereocenters. The quantitative estimate of drug-likeness (QED) is 0.361. The number of aromatic amines is 1. The van der Waals surface area contributed by atoms with Gasteiger partial charge in [0.25, 0.3) is 5.56 Å². The predicted molar refractivity (Wildman–Crippen MR) is 139 cm³/mol. The summed E-state index contributed by atoms with van der Waals surface area (Å²) in [6, 6.07) is 15.9. The summed E-state index contributed by atoms with van der Waals surface area (Å²) in [6.45, 7) is 6.26. The number of anilines is 1. The Morgan fingerprint density at radius 3 is 2.60 bits per heavy atom. The van der Waals surface area contributed by atoms with Gasteiger partial charge in [0.05, 0.1) is 12.7 Å². The van der Waals surface area contributed by atoms with E-state index >= 15 is 0 Å². The van der Waals surface area contributed by atoms with Crippen molar-refractivity contribution in [3.05, 3.63) is 92.4 Å². The van der Waals surface area contributed by atoms with Crippen molar-refractivity contribution >= 4 is 23.4 Å². The summed E-state index contributed by atoms with van der Waals surface area (Å²) in [7, 11) is 1.62. The molecule has 2 aromatic carbocycles. The molecule has 0 bridgehead atoms. The number of fused-ring (bicyclic) bond motifs is 1. The first-order chi connectivity index (χ1) is 16.7. The number of aromatic nitrogens is 2. The van der Waals surface area contributed by atoms with E-state index in [0.717, 1.165) is 23.4 Å². The smallest absolute Gasteiger partial charge is 0.257 e. The maximum Gasteiger partial charge on any atom is 0.257 e. The second kappa shape index (κ2) is 9.04. The number of nitrogens with one attached hydrogen (secondary N) is 2. The lowest BCUT2D eigenvalue weighted by Gasteiger charge is -2.38. The SMILES string of the molecule is COc1ccc([C@H]2C3=C(CC(C)(C)CC3=O)Nc3nc(SCc4cccc(C)c4)[nH]c(=O)c32)cc1. The second-order valence-electron chi connectivity index (χ2n) is 10.1. The fourth-order valence-electron chi connectivity index (χ4n) is 5.04. The van der Waals surface area contributed by atoms with Crippen LogP contribution in [-0.4, -0.2) is 22.9 Å². The van der Waals surface area contributed by atoms with Crippen molar-refractivity contribution in [2.24, 2.45) is 5.41 Å². The third-order valence-electron chi connectivity index (χ3n) is 6.61. The van der Waals surface area contributed by atoms with E-state index in [1.807, 2.05) is 30.3 Å². The molecule has 7 heteroatoms. The number of thioether (sulfide) groups is 1. The Labute approximate surface area is 209 Å². The van der Waals surface area contributed by atoms with Gasteiger partial charge in [-0.05, 0) is 42.0 Å². The molecule has 0 radical (unpaired) electrons. The minimum atomic E-state index is -0.470. The van der Waals surface area contributed by atoms with Crippen molar-refractivity contribution in [3.8, 4) is 5.75 Å². The van der Waals surface area contributed by atoms with Crippen molar-refractivity contribution < 1.29 is 9.53 Å². The van der Waals surface area contributed by atoms with Gasteiger partial charge in [-0.15, -0.1) is 0 Å². The number of H-pyrrole nitrogens is 1. The van der Waals surface area contributed by atoms with Crippen molar-refractivity contribution in [2.45, 2.75) is 50.4 Å². The van der Waals surface area contributed by atoms with Crippen LogP contribution in [0.5, 0.6) is 5.75 Å². The highest BCUT2D eigenvalue weighted by Gasteiger charge is 2.42. The highest BCUT2D eigenvalue weighted by atomic mass is 32.2. The molecule has 0 fully saturated rings. The zero-order valence-corrected chi connectivity index (χ0v) is 21.2. The summed E-state index contributed by atoms with van der Waals surface area (Å²) in [5, 5.41) is 3.94. The molecule has 1 aromatic heterocycles. The molecule has 1 aliphatic carbocycles. The molecule has 0 saturated heterocycles. The summed E-state index contributed by atoms with van der Waals surface area (Å²) in [4.78, 5) is 34.6. The van der Waals surface area contributed by atoms with E-state index in [4.69, 9.17) is 9.72 Å². The zero-order valence-electron chi connectivity index (χ0n) is 20.4. The molecule has 6 nitrogen and oxygen atoms in total. The summed E-state index contributed by atoms with van der Waals surface area (Å²) in [6.07, 6.45) is 1.17. The minimum absolute atomic E-state index is 0.0764. The Balaban J connectivity index is 1.57. The Bertz CT molecular complexity index is 1390. The van der Waals surface area contributed by atoms with E-state index in [2.05, 4.69) is 49.3 Å². The zero-order chi connectivity index (χ0) is 24.7. The maximum atomic E-state index is 13.5. The molecular weight excluding hydrogens is 458 g/mol. The molecule has 3 aromatic rings. The number of hydrogen-bond donors (Lipinski definition) is 2. The van der Waals surface area contributed by atoms with Crippen LogP contribution in [0, 0.1) is 12.3 Å². The largest absolute Gasteiger partial charge is 0.497 e. The average molecular weight is 488 g/mol. The van der Waals surface area contributed by atoms with Crippen LogP contribution in [0.3, 0.4) is 0 Å². The molecule has 180 valence electrons. The third kappa shape index (κ3) is 4.65. The van der Waals surface area contributed by atoms with Gasteiger partial charge in [-0.3, -0.25) is 9.59 Å². The number of ether oxygens (including phenoxy) is 1. The molecule has 2 aliphatic rings. The maximum absolute atomic E-state index is 13.5. The number of carbonyl (C=O) groups is 1. The van der Waals surface area contributed by atoms with Crippen LogP contribution in [0.1, 0.15) is 54.9 Å². The second-order valence-corrected chi connectivity index (χ2v) is 11.0. The van der Waals surface area contributed by atoms with Gasteiger partial charge < -0.3 is 15.0 Å². The highest BCUT2D eigenvalue weighted by Crippen LogP contribution is 2.47. The molecular formula is C28H29N3O3S. The topological polar surface area (TPSA) is 84.1 Å². The van der Waals surface area contributed by atoms with Crippen LogP contribution >= 0.6 is 11.8 Å². The molecule has 1 atom stereocenters. The Hall–Kier alpha value is -3.32. The van der Waals surface area contributed by atoms with E-state index in [1.54, 1.807) is 7.11 Å². The Morgan fingerprint density at radius 2 is 1.89 bits per heavy atom. The van der Waals surface area contributed by atoms with Gasteiger partial charge in [0.1, 0.15) is 11.6 Å². The minimum Gasteiger partial charge on any atom is -0.497 e. The normalized spacial score (nSPS) is 18.5. The molecule has 5 rings (SSSR count). The van der Waals surface area contributed by atoms with Gasteiger partial charge in [0.15, 0.2) is 10.9 Å². The van der Waals surface area contributed by atoms with Crippen molar-refractivity contribution in [1.29, 1.82) is 0 Å². The van der Waals surface area contributed by atoms with Crippen LogP contribution in [0.2, 0.25) is 0 Å². The van der Waals surface area contributed by atoms with Crippen LogP contribution in [0.15, 0.2) is 69.8 Å². The van der Waals surface area contributed by atoms with Crippen LogP contribution in [-0.2, 0) is 10.5 Å². The number of aryl methyl sites for hydroxylation is 1. The summed E-state index contributed by atoms with van der Waals surface area (Å²) in [5.74, 6) is 1.56. The van der Waals surface area contributed by atoms with E-state index < -0.39 is 5.92 Å². The van der Waals surface area contributed by atoms with Gasteiger partial charge in [-0.25, -0.2) is 4.98 Å². The molecule has 1 aliphatic heterocycles. The van der Waals surface area contributed by atoms with Gasteiger partial charge in [-0.1, -0.05) is 67.6 Å². The lowest BCUT2D eigenvalue weighted by atomic mass is 9.69. The van der Waals surface area contributed by atoms with Crippen LogP contribution in [0.4, 0.5) is 5.82 Å². The van der Waals surface area contributed by atoms with E-state index in [1.165, 1.54) is 22.9 Å². The molecule has 2 N–H and O–H groups in total. The Morgan fingerprint density at radius 1 is 1.11 bits per heavy atom. The van der Waals surface area contributed by atoms with Gasteiger partial charge in [-0.2, -0.15) is 0 Å². The summed E-state index contributed by atoms with van der Waals surface area (Å²) >= 11 is 1.49. The number of hydrogen-bond acceptors (Lipinski definition) is 6. The van der Waals surface area contributed by atoms with Gasteiger partial charge in [0.2, 0.25) is 0 Å². The number of nitrogens with zero attached hydrogens (tertiary/aromatic N) is 1. The van der Waals surface area contributed by atoms with Gasteiger partial charge >= 0.3 is 0 Å². The van der Waals surface area contributed by atoms with Crippen molar-refractivity contribution in [1.82, 2.24) is 9.97 Å². The Kier molecular flexibility index (Phi) is 6.05. The standard InChI is InChI=1S/C28H29N3O3S/c1-16-6-5-7-17(12-16)15-35-27-30-25-24(26(33)31-27)22(18-8-10-19(34-4)11-9-18)23-20(29-25)13-28(2,3)14-21(23)32/h5-12,22H,13-15H2,1-4H3,(H2,29,30,31,33)/t22-/m0/s1. The first-order valence-corrected chi connectivity index (χ1v) is 12.7. The summed E-state index contributed by atoms with van der Waals surface area (Å²) < 4.78 is 5.32. The third-order valence-corrected chi connectivity index (χ3v) is 7.55. The van der Waals surface area contributed by atoms with Crippen molar-refractivity contribution in [2.75, 3.05) is 12.4 Å². The number of carbonyl (C=O) groups excluding carboxylic acids is 1. The van der Waals surface area contributed by atoms with E-state index in [0.29, 0.717) is 34.3 Å². The number of rotatable bonds is 5. The molecule has 0 amide bonds. The fraction of sp³-hybridized carbons (Fsp3) is 0.321. The van der Waals surface area contributed by atoms with Crippen molar-refractivity contribution in [3.63, 3.8) is 0 Å². The first kappa shape index (κ1) is 23.4. The molecule has 2 heterocycles. The number of methoxy groups -OCH3 is 1. The van der Waals surface area contributed by atoms with E-state index in [9.17, 15) is 9.59 Å². The number of allylic oxidation sites excluding steroid dienone is 2. The lowest BCUT2D eigenvalue weighted by Crippen LogP contribution is -2.37. The lowest BCUT2D eigenvalue weighted by molar-refractivity contribution is -0.118. The monoisotopic (exact) mass is 487 g/mol. The molecule has 0 saturated carbocycles. The van der Waals surface area contributed by atoms with E-state index in [-0.39, 0.29) is 16.8 Å². The average Bonchev–Trinajstić information content (AvgIpc) is 2.81. The fourth-order valence-corrected chi connectivity index (χ4v) is 5.85. The number of ketones is 1. The molecule has 35 heavy (non-hydrogen) atoms. The predicted octanol–water partition coefficient (Wildman–Crippen LogP) is 5.58. The molecule has 0 spiro atoms. The highest BCUT2D eigenvalue weighted by molar-refractivity contribution is 7.98. The summed E-state index contributed by atoms with van der Waals surface area (Å²) in [5.41, 5.74) is 4.89. The van der Waals surface area contributed by atoms with Gasteiger partial charge in [0, 0.05) is 29.4 Å².